The lowest BCUT2D eigenvalue weighted by molar-refractivity contribution is -0.141. The highest BCUT2D eigenvalue weighted by atomic mass is 32.1. The maximum absolute atomic E-state index is 12.6. The molecule has 0 fully saturated rings. The molecule has 1 N–H and O–H groups in total. The van der Waals surface area contributed by atoms with E-state index in [4.69, 9.17) is 4.74 Å². The summed E-state index contributed by atoms with van der Waals surface area (Å²) in [6.45, 7) is 3.54. The van der Waals surface area contributed by atoms with E-state index in [9.17, 15) is 9.59 Å². The molecule has 3 heterocycles. The van der Waals surface area contributed by atoms with Crippen molar-refractivity contribution in [1.29, 1.82) is 0 Å². The summed E-state index contributed by atoms with van der Waals surface area (Å²) in [5, 5.41) is 4.47. The highest BCUT2D eigenvalue weighted by molar-refractivity contribution is 7.19. The van der Waals surface area contributed by atoms with E-state index in [2.05, 4.69) is 15.3 Å². The van der Waals surface area contributed by atoms with Crippen LogP contribution in [-0.4, -0.2) is 65.4 Å². The van der Waals surface area contributed by atoms with Gasteiger partial charge in [0.2, 0.25) is 5.91 Å². The van der Waals surface area contributed by atoms with Crippen LogP contribution in [0.25, 0.3) is 10.2 Å². The Balaban J connectivity index is 1.59. The topological polar surface area (TPSA) is 87.7 Å². The van der Waals surface area contributed by atoms with Crippen LogP contribution in [0.3, 0.4) is 0 Å². The van der Waals surface area contributed by atoms with Gasteiger partial charge in [-0.2, -0.15) is 0 Å². The predicted molar refractivity (Wildman–Crippen MR) is 134 cm³/mol. The SMILES string of the molecule is CC(=O)OCC(Nc1ncnc2sc3c(c12)CCN(C(=O)C=CCN(C)C)C3)c1ccccc1. The van der Waals surface area contributed by atoms with Crippen molar-refractivity contribution in [1.82, 2.24) is 19.8 Å². The third-order valence-electron chi connectivity index (χ3n) is 5.65. The van der Waals surface area contributed by atoms with Crippen LogP contribution in [0.1, 0.15) is 29.0 Å². The molecule has 9 heteroatoms. The summed E-state index contributed by atoms with van der Waals surface area (Å²) in [7, 11) is 3.95. The minimum Gasteiger partial charge on any atom is -0.463 e. The fourth-order valence-corrected chi connectivity index (χ4v) is 5.17. The van der Waals surface area contributed by atoms with Crippen molar-refractivity contribution < 1.29 is 14.3 Å². The maximum atomic E-state index is 12.6. The molecule has 34 heavy (non-hydrogen) atoms. The van der Waals surface area contributed by atoms with Crippen molar-refractivity contribution in [3.8, 4) is 0 Å². The molecule has 3 aromatic rings. The number of likely N-dealkylation sites (N-methyl/N-ethyl adjacent to an activating group) is 1. The van der Waals surface area contributed by atoms with Gasteiger partial charge < -0.3 is 19.9 Å². The van der Waals surface area contributed by atoms with Gasteiger partial charge in [0.05, 0.1) is 18.0 Å². The number of carbonyl (C=O) groups excluding carboxylic acids is 2. The number of carbonyl (C=O) groups is 2. The van der Waals surface area contributed by atoms with Gasteiger partial charge in [-0.05, 0) is 31.6 Å². The Bertz CT molecular complexity index is 1190. The lowest BCUT2D eigenvalue weighted by Crippen LogP contribution is -2.34. The molecule has 4 rings (SSSR count). The Morgan fingerprint density at radius 3 is 2.79 bits per heavy atom. The van der Waals surface area contributed by atoms with E-state index in [1.54, 1.807) is 23.7 Å². The van der Waals surface area contributed by atoms with E-state index in [0.717, 1.165) is 33.6 Å². The Hall–Kier alpha value is -3.30. The zero-order valence-corrected chi connectivity index (χ0v) is 20.5. The monoisotopic (exact) mass is 479 g/mol. The van der Waals surface area contributed by atoms with Gasteiger partial charge >= 0.3 is 5.97 Å². The first-order valence-corrected chi connectivity index (χ1v) is 12.0. The van der Waals surface area contributed by atoms with Crippen LogP contribution in [0.4, 0.5) is 5.82 Å². The summed E-state index contributed by atoms with van der Waals surface area (Å²) in [6, 6.07) is 9.61. The van der Waals surface area contributed by atoms with Crippen LogP contribution < -0.4 is 5.32 Å². The summed E-state index contributed by atoms with van der Waals surface area (Å²) in [5.74, 6) is 0.418. The third kappa shape index (κ3) is 5.60. The fourth-order valence-electron chi connectivity index (χ4n) is 3.97. The van der Waals surface area contributed by atoms with Crippen LogP contribution in [0, 0.1) is 0 Å². The van der Waals surface area contributed by atoms with Crippen molar-refractivity contribution in [2.45, 2.75) is 25.9 Å². The zero-order chi connectivity index (χ0) is 24.1. The summed E-state index contributed by atoms with van der Waals surface area (Å²) < 4.78 is 5.33. The quantitative estimate of drug-likeness (QED) is 0.391. The number of rotatable bonds is 8. The maximum Gasteiger partial charge on any atom is 0.302 e. The Morgan fingerprint density at radius 2 is 2.06 bits per heavy atom. The van der Waals surface area contributed by atoms with Crippen molar-refractivity contribution in [2.24, 2.45) is 0 Å². The van der Waals surface area contributed by atoms with Crippen LogP contribution in [-0.2, 0) is 27.3 Å². The van der Waals surface area contributed by atoms with E-state index in [-0.39, 0.29) is 24.5 Å². The number of anilines is 1. The number of fused-ring (bicyclic) bond motifs is 3. The van der Waals surface area contributed by atoms with Gasteiger partial charge in [0.1, 0.15) is 23.6 Å². The number of aromatic nitrogens is 2. The largest absolute Gasteiger partial charge is 0.463 e. The molecule has 1 atom stereocenters. The second-order valence-electron chi connectivity index (χ2n) is 8.49. The van der Waals surface area contributed by atoms with Gasteiger partial charge in [0.15, 0.2) is 0 Å². The molecule has 1 aliphatic heterocycles. The molecule has 2 aromatic heterocycles. The van der Waals surface area contributed by atoms with Gasteiger partial charge in [-0.1, -0.05) is 36.4 Å². The number of esters is 1. The van der Waals surface area contributed by atoms with E-state index < -0.39 is 0 Å². The first kappa shape index (κ1) is 23.8. The number of thiophene rings is 1. The molecule has 0 spiro atoms. The van der Waals surface area contributed by atoms with E-state index in [1.807, 2.05) is 60.3 Å². The molecule has 1 amide bonds. The third-order valence-corrected chi connectivity index (χ3v) is 6.77. The highest BCUT2D eigenvalue weighted by Crippen LogP contribution is 2.38. The number of nitrogens with zero attached hydrogens (tertiary/aromatic N) is 4. The normalized spacial score (nSPS) is 14.4. The second-order valence-corrected chi connectivity index (χ2v) is 9.57. The Labute approximate surface area is 203 Å². The lowest BCUT2D eigenvalue weighted by atomic mass is 10.0. The van der Waals surface area contributed by atoms with E-state index in [1.165, 1.54) is 12.5 Å². The minimum atomic E-state index is -0.326. The lowest BCUT2D eigenvalue weighted by Gasteiger charge is -2.26. The van der Waals surface area contributed by atoms with Crippen molar-refractivity contribution >= 4 is 39.2 Å². The number of hydrogen-bond donors (Lipinski definition) is 1. The van der Waals surface area contributed by atoms with Crippen molar-refractivity contribution in [2.75, 3.05) is 39.1 Å². The summed E-state index contributed by atoms with van der Waals surface area (Å²) >= 11 is 1.60. The average Bonchev–Trinajstić information content (AvgIpc) is 3.20. The molecule has 0 saturated heterocycles. The number of amides is 1. The molecule has 1 aromatic carbocycles. The molecule has 0 saturated carbocycles. The van der Waals surface area contributed by atoms with Crippen LogP contribution in [0.5, 0.6) is 0 Å². The minimum absolute atomic E-state index is 0.0277. The van der Waals surface area contributed by atoms with Gasteiger partial charge in [0, 0.05) is 31.0 Å². The molecule has 1 aliphatic rings. The fraction of sp³-hybridized carbons (Fsp3) is 0.360. The second kappa shape index (κ2) is 10.8. The number of nitrogens with one attached hydrogen (secondary N) is 1. The number of ether oxygens (including phenoxy) is 1. The Kier molecular flexibility index (Phi) is 7.54. The van der Waals surface area contributed by atoms with E-state index in [0.29, 0.717) is 18.9 Å². The molecule has 0 radical (unpaired) electrons. The molecular weight excluding hydrogens is 450 g/mol. The highest BCUT2D eigenvalue weighted by Gasteiger charge is 2.26. The van der Waals surface area contributed by atoms with Crippen molar-refractivity contribution in [3.05, 3.63) is 64.8 Å². The molecule has 1 unspecified atom stereocenters. The number of hydrogen-bond acceptors (Lipinski definition) is 8. The van der Waals surface area contributed by atoms with E-state index >= 15 is 0 Å². The predicted octanol–water partition coefficient (Wildman–Crippen LogP) is 3.41. The molecular formula is C25H29N5O3S. The van der Waals surface area contributed by atoms with Crippen LogP contribution in [0.15, 0.2) is 48.8 Å². The zero-order valence-electron chi connectivity index (χ0n) is 19.7. The van der Waals surface area contributed by atoms with Gasteiger partial charge in [-0.25, -0.2) is 9.97 Å². The number of benzene rings is 1. The summed E-state index contributed by atoms with van der Waals surface area (Å²) in [5.41, 5.74) is 2.18. The Morgan fingerprint density at radius 1 is 1.26 bits per heavy atom. The van der Waals surface area contributed by atoms with Crippen molar-refractivity contribution in [3.63, 3.8) is 0 Å². The first-order valence-electron chi connectivity index (χ1n) is 11.2. The average molecular weight is 480 g/mol. The molecule has 0 aliphatic carbocycles. The molecule has 0 bridgehead atoms. The van der Waals surface area contributed by atoms with Gasteiger partial charge in [-0.3, -0.25) is 9.59 Å². The van der Waals surface area contributed by atoms with Gasteiger partial charge in [-0.15, -0.1) is 11.3 Å². The standard InChI is InChI=1S/C25H29N5O3S/c1-17(31)33-15-20(18-8-5-4-6-9-18)28-24-23-19-11-13-30(22(32)10-7-12-29(2)3)14-21(19)34-25(23)27-16-26-24/h4-10,16,20H,11-15H2,1-3H3,(H,26,27,28). The van der Waals surface area contributed by atoms with Gasteiger partial charge in [0.25, 0.3) is 0 Å². The van der Waals surface area contributed by atoms with Crippen LogP contribution in [0.2, 0.25) is 0 Å². The van der Waals surface area contributed by atoms with Crippen LogP contribution >= 0.6 is 11.3 Å². The molecule has 8 nitrogen and oxygen atoms in total. The molecule has 178 valence electrons. The smallest absolute Gasteiger partial charge is 0.302 e. The summed E-state index contributed by atoms with van der Waals surface area (Å²) in [6.07, 6.45) is 5.84. The summed E-state index contributed by atoms with van der Waals surface area (Å²) in [4.78, 5) is 39.1. The first-order chi connectivity index (χ1) is 16.4.